The standard InChI is InChI=1S/C12H18N2O2/c1-4-9-6-11(14-7-13-9)10(12(15)16)5-8(2)3/h6-8,10H,4-5H2,1-3H3,(H,15,16). The van der Waals surface area contributed by atoms with Gasteiger partial charge in [0.2, 0.25) is 0 Å². The van der Waals surface area contributed by atoms with Gasteiger partial charge in [-0.15, -0.1) is 0 Å². The molecule has 1 aromatic rings. The summed E-state index contributed by atoms with van der Waals surface area (Å²) in [5.74, 6) is -0.996. The zero-order chi connectivity index (χ0) is 12.1. The molecule has 1 unspecified atom stereocenters. The molecule has 0 fully saturated rings. The second kappa shape index (κ2) is 5.58. The summed E-state index contributed by atoms with van der Waals surface area (Å²) in [6, 6.07) is 1.79. The lowest BCUT2D eigenvalue weighted by molar-refractivity contribution is -0.139. The number of aliphatic carboxylic acids is 1. The van der Waals surface area contributed by atoms with E-state index in [1.54, 1.807) is 6.07 Å². The lowest BCUT2D eigenvalue weighted by Crippen LogP contribution is -2.16. The monoisotopic (exact) mass is 222 g/mol. The maximum atomic E-state index is 11.2. The van der Waals surface area contributed by atoms with E-state index < -0.39 is 11.9 Å². The molecular weight excluding hydrogens is 204 g/mol. The third-order valence-corrected chi connectivity index (χ3v) is 2.47. The fraction of sp³-hybridized carbons (Fsp3) is 0.583. The summed E-state index contributed by atoms with van der Waals surface area (Å²) in [4.78, 5) is 19.3. The number of carbonyl (C=O) groups is 1. The smallest absolute Gasteiger partial charge is 0.312 e. The van der Waals surface area contributed by atoms with Gasteiger partial charge in [0, 0.05) is 5.69 Å². The lowest BCUT2D eigenvalue weighted by Gasteiger charge is -2.14. The maximum Gasteiger partial charge on any atom is 0.312 e. The number of rotatable bonds is 5. The summed E-state index contributed by atoms with van der Waals surface area (Å²) in [6.45, 7) is 6.01. The number of hydrogen-bond donors (Lipinski definition) is 1. The minimum atomic E-state index is -0.811. The van der Waals surface area contributed by atoms with Gasteiger partial charge in [0.05, 0.1) is 11.6 Å². The summed E-state index contributed by atoms with van der Waals surface area (Å²) in [5.41, 5.74) is 1.51. The van der Waals surface area contributed by atoms with Crippen LogP contribution in [-0.2, 0) is 11.2 Å². The molecular formula is C12H18N2O2. The van der Waals surface area contributed by atoms with Crippen molar-refractivity contribution in [1.29, 1.82) is 0 Å². The average Bonchev–Trinajstić information content (AvgIpc) is 2.25. The van der Waals surface area contributed by atoms with E-state index in [-0.39, 0.29) is 0 Å². The van der Waals surface area contributed by atoms with Crippen LogP contribution in [0.25, 0.3) is 0 Å². The Labute approximate surface area is 95.7 Å². The highest BCUT2D eigenvalue weighted by atomic mass is 16.4. The van der Waals surface area contributed by atoms with Crippen LogP contribution in [0.15, 0.2) is 12.4 Å². The number of nitrogens with zero attached hydrogens (tertiary/aromatic N) is 2. The zero-order valence-electron chi connectivity index (χ0n) is 9.97. The molecule has 0 saturated carbocycles. The highest BCUT2D eigenvalue weighted by Gasteiger charge is 2.22. The number of hydrogen-bond acceptors (Lipinski definition) is 3. The van der Waals surface area contributed by atoms with Crippen LogP contribution in [0.2, 0.25) is 0 Å². The molecule has 0 aliphatic carbocycles. The van der Waals surface area contributed by atoms with Crippen LogP contribution in [0.1, 0.15) is 44.5 Å². The van der Waals surface area contributed by atoms with Crippen molar-refractivity contribution in [1.82, 2.24) is 9.97 Å². The number of carboxylic acids is 1. The van der Waals surface area contributed by atoms with E-state index in [1.807, 2.05) is 20.8 Å². The first-order valence-corrected chi connectivity index (χ1v) is 5.58. The van der Waals surface area contributed by atoms with Gasteiger partial charge in [0.15, 0.2) is 0 Å². The summed E-state index contributed by atoms with van der Waals surface area (Å²) in [7, 11) is 0. The molecule has 0 aromatic carbocycles. The van der Waals surface area contributed by atoms with Gasteiger partial charge in [-0.25, -0.2) is 9.97 Å². The van der Waals surface area contributed by atoms with Crippen LogP contribution in [0, 0.1) is 5.92 Å². The molecule has 0 bridgehead atoms. The fourth-order valence-corrected chi connectivity index (χ4v) is 1.62. The first-order chi connectivity index (χ1) is 7.54. The highest BCUT2D eigenvalue weighted by Crippen LogP contribution is 2.22. The molecule has 0 spiro atoms. The van der Waals surface area contributed by atoms with Crippen LogP contribution in [-0.4, -0.2) is 21.0 Å². The molecule has 1 N–H and O–H groups in total. The first kappa shape index (κ1) is 12.6. The van der Waals surface area contributed by atoms with Crippen molar-refractivity contribution >= 4 is 5.97 Å². The van der Waals surface area contributed by atoms with Gasteiger partial charge in [0.25, 0.3) is 0 Å². The maximum absolute atomic E-state index is 11.2. The van der Waals surface area contributed by atoms with E-state index in [9.17, 15) is 9.90 Å². The molecule has 1 atom stereocenters. The average molecular weight is 222 g/mol. The highest BCUT2D eigenvalue weighted by molar-refractivity contribution is 5.75. The number of carboxylic acid groups (broad SMARTS) is 1. The van der Waals surface area contributed by atoms with Crippen molar-refractivity contribution < 1.29 is 9.90 Å². The van der Waals surface area contributed by atoms with Crippen LogP contribution in [0.4, 0.5) is 0 Å². The molecule has 0 aliphatic heterocycles. The van der Waals surface area contributed by atoms with E-state index in [0.29, 0.717) is 18.0 Å². The van der Waals surface area contributed by atoms with Crippen molar-refractivity contribution in [2.24, 2.45) is 5.92 Å². The topological polar surface area (TPSA) is 63.1 Å². The van der Waals surface area contributed by atoms with E-state index in [0.717, 1.165) is 12.1 Å². The zero-order valence-corrected chi connectivity index (χ0v) is 9.97. The Morgan fingerprint density at radius 2 is 2.12 bits per heavy atom. The van der Waals surface area contributed by atoms with E-state index in [1.165, 1.54) is 6.33 Å². The van der Waals surface area contributed by atoms with Gasteiger partial charge in [-0.3, -0.25) is 4.79 Å². The minimum Gasteiger partial charge on any atom is -0.481 e. The summed E-state index contributed by atoms with van der Waals surface area (Å²) in [6.07, 6.45) is 2.85. The van der Waals surface area contributed by atoms with E-state index in [2.05, 4.69) is 9.97 Å². The van der Waals surface area contributed by atoms with Gasteiger partial charge in [-0.05, 0) is 24.8 Å². The Morgan fingerprint density at radius 1 is 1.44 bits per heavy atom. The molecule has 4 heteroatoms. The van der Waals surface area contributed by atoms with Crippen molar-refractivity contribution in [2.75, 3.05) is 0 Å². The van der Waals surface area contributed by atoms with Gasteiger partial charge >= 0.3 is 5.97 Å². The van der Waals surface area contributed by atoms with Crippen molar-refractivity contribution in [3.8, 4) is 0 Å². The second-order valence-corrected chi connectivity index (χ2v) is 4.31. The van der Waals surface area contributed by atoms with Gasteiger partial charge in [0.1, 0.15) is 6.33 Å². The molecule has 0 amide bonds. The van der Waals surface area contributed by atoms with E-state index >= 15 is 0 Å². The SMILES string of the molecule is CCc1cc(C(CC(C)C)C(=O)O)ncn1. The Kier molecular flexibility index (Phi) is 4.40. The summed E-state index contributed by atoms with van der Waals surface area (Å²) >= 11 is 0. The summed E-state index contributed by atoms with van der Waals surface area (Å²) < 4.78 is 0. The minimum absolute atomic E-state index is 0.334. The Morgan fingerprint density at radius 3 is 2.62 bits per heavy atom. The van der Waals surface area contributed by atoms with Crippen LogP contribution >= 0.6 is 0 Å². The van der Waals surface area contributed by atoms with Crippen molar-refractivity contribution in [2.45, 2.75) is 39.5 Å². The molecule has 4 nitrogen and oxygen atoms in total. The predicted octanol–water partition coefficient (Wildman–Crippen LogP) is 2.25. The van der Waals surface area contributed by atoms with Crippen molar-refractivity contribution in [3.63, 3.8) is 0 Å². The number of aryl methyl sites for hydroxylation is 1. The van der Waals surface area contributed by atoms with Crippen LogP contribution in [0.3, 0.4) is 0 Å². The van der Waals surface area contributed by atoms with Crippen LogP contribution in [0.5, 0.6) is 0 Å². The molecule has 1 aromatic heterocycles. The first-order valence-electron chi connectivity index (χ1n) is 5.58. The van der Waals surface area contributed by atoms with E-state index in [4.69, 9.17) is 0 Å². The molecule has 88 valence electrons. The van der Waals surface area contributed by atoms with Gasteiger partial charge in [-0.1, -0.05) is 20.8 Å². The molecule has 1 heterocycles. The molecule has 0 saturated heterocycles. The van der Waals surface area contributed by atoms with Gasteiger partial charge in [-0.2, -0.15) is 0 Å². The molecule has 0 aliphatic rings. The van der Waals surface area contributed by atoms with Crippen molar-refractivity contribution in [3.05, 3.63) is 23.8 Å². The third-order valence-electron chi connectivity index (χ3n) is 2.47. The third kappa shape index (κ3) is 3.29. The second-order valence-electron chi connectivity index (χ2n) is 4.31. The quantitative estimate of drug-likeness (QED) is 0.830. The Bertz CT molecular complexity index is 364. The largest absolute Gasteiger partial charge is 0.481 e. The Hall–Kier alpha value is -1.45. The normalized spacial score (nSPS) is 12.8. The molecule has 16 heavy (non-hydrogen) atoms. The molecule has 0 radical (unpaired) electrons. The molecule has 1 rings (SSSR count). The van der Waals surface area contributed by atoms with Crippen LogP contribution < -0.4 is 0 Å². The predicted molar refractivity (Wildman–Crippen MR) is 61.2 cm³/mol. The number of aromatic nitrogens is 2. The van der Waals surface area contributed by atoms with Gasteiger partial charge < -0.3 is 5.11 Å². The summed E-state index contributed by atoms with van der Waals surface area (Å²) in [5, 5.41) is 9.18. The lowest BCUT2D eigenvalue weighted by atomic mass is 9.93. The fourth-order valence-electron chi connectivity index (χ4n) is 1.62. The Balaban J connectivity index is 2.96.